The van der Waals surface area contributed by atoms with Crippen molar-refractivity contribution >= 4 is 55.9 Å². The van der Waals surface area contributed by atoms with E-state index in [-0.39, 0.29) is 23.3 Å². The van der Waals surface area contributed by atoms with Crippen LogP contribution in [0.1, 0.15) is 59.7 Å². The predicted octanol–water partition coefficient (Wildman–Crippen LogP) is 5.94. The van der Waals surface area contributed by atoms with Crippen LogP contribution in [0.3, 0.4) is 0 Å². The molecule has 2 aromatic heterocycles. The van der Waals surface area contributed by atoms with Gasteiger partial charge in [-0.25, -0.2) is 9.78 Å². The molecule has 38 heavy (non-hydrogen) atoms. The van der Waals surface area contributed by atoms with E-state index in [1.807, 2.05) is 40.7 Å². The number of rotatable bonds is 6. The maximum atomic E-state index is 13.1. The Morgan fingerprint density at radius 1 is 0.895 bits per heavy atom. The van der Waals surface area contributed by atoms with Crippen molar-refractivity contribution in [1.82, 2.24) is 15.3 Å². The number of aryl methyl sites for hydroxylation is 1. The first-order valence-electron chi connectivity index (χ1n) is 12.2. The zero-order valence-corrected chi connectivity index (χ0v) is 22.7. The number of thiazole rings is 1. The van der Waals surface area contributed by atoms with Gasteiger partial charge in [0.15, 0.2) is 5.13 Å². The number of amides is 4. The Labute approximate surface area is 225 Å². The van der Waals surface area contributed by atoms with E-state index in [0.29, 0.717) is 39.7 Å². The van der Waals surface area contributed by atoms with Crippen molar-refractivity contribution in [2.24, 2.45) is 0 Å². The highest BCUT2D eigenvalue weighted by Crippen LogP contribution is 2.28. The zero-order valence-electron chi connectivity index (χ0n) is 21.9. The first-order chi connectivity index (χ1) is 18.0. The van der Waals surface area contributed by atoms with Crippen LogP contribution in [0.15, 0.2) is 54.7 Å². The van der Waals surface area contributed by atoms with Gasteiger partial charge in [-0.15, -0.1) is 0 Å². The molecule has 0 atom stereocenters. The Hall–Kier alpha value is -4.31. The van der Waals surface area contributed by atoms with Gasteiger partial charge >= 0.3 is 6.03 Å². The third kappa shape index (κ3) is 6.33. The summed E-state index contributed by atoms with van der Waals surface area (Å²) in [5, 5.41) is 11.6. The van der Waals surface area contributed by atoms with Crippen LogP contribution in [0.4, 0.5) is 21.3 Å². The van der Waals surface area contributed by atoms with Crippen LogP contribution in [0.2, 0.25) is 0 Å². The molecule has 4 rings (SSSR count). The summed E-state index contributed by atoms with van der Waals surface area (Å²) in [5.74, 6) is -0.555. The third-order valence-electron chi connectivity index (χ3n) is 5.74. The fraction of sp³-hybridized carbons (Fsp3) is 0.250. The molecule has 0 bridgehead atoms. The highest BCUT2D eigenvalue weighted by molar-refractivity contribution is 7.22. The van der Waals surface area contributed by atoms with Gasteiger partial charge in [-0.05, 0) is 61.9 Å². The number of fused-ring (bicyclic) bond motifs is 1. The van der Waals surface area contributed by atoms with E-state index in [4.69, 9.17) is 0 Å². The van der Waals surface area contributed by atoms with Gasteiger partial charge in [0.25, 0.3) is 11.8 Å². The van der Waals surface area contributed by atoms with E-state index in [1.165, 1.54) is 11.3 Å². The molecule has 2 aromatic carbocycles. The first-order valence-corrected chi connectivity index (χ1v) is 13.0. The van der Waals surface area contributed by atoms with Crippen molar-refractivity contribution < 1.29 is 14.4 Å². The van der Waals surface area contributed by atoms with E-state index in [9.17, 15) is 14.4 Å². The van der Waals surface area contributed by atoms with Gasteiger partial charge in [0.05, 0.1) is 10.2 Å². The second-order valence-corrected chi connectivity index (χ2v) is 10.8. The topological polar surface area (TPSA) is 125 Å². The lowest BCUT2D eigenvalue weighted by Crippen LogP contribution is -2.28. The number of nitrogens with zero attached hydrogens (tertiary/aromatic N) is 2. The minimum Gasteiger partial charge on any atom is -0.338 e. The molecule has 4 amide bonds. The number of benzene rings is 2. The number of urea groups is 1. The Balaban J connectivity index is 1.48. The Morgan fingerprint density at radius 2 is 1.63 bits per heavy atom. The lowest BCUT2D eigenvalue weighted by molar-refractivity contribution is 0.101. The van der Waals surface area contributed by atoms with Crippen LogP contribution in [0, 0.1) is 6.92 Å². The standard InChI is InChI=1S/C28H30N6O3S/c1-6-29-26(37)34-27-33-20-10-8-17(13-22(20)38-27)25(36)32-21-15-19(9-7-16(21)2)31-24(35)18-11-12-30-23(14-18)28(3,4)5/h7-15H,6H2,1-5H3,(H,31,35)(H,32,36)(H2,29,33,34,37). The Morgan fingerprint density at radius 3 is 2.37 bits per heavy atom. The average molecular weight is 531 g/mol. The summed E-state index contributed by atoms with van der Waals surface area (Å²) < 4.78 is 0.772. The Kier molecular flexibility index (Phi) is 7.72. The normalized spacial score (nSPS) is 11.2. The second-order valence-electron chi connectivity index (χ2n) is 9.80. The van der Waals surface area contributed by atoms with Crippen LogP contribution in [0.5, 0.6) is 0 Å². The largest absolute Gasteiger partial charge is 0.338 e. The molecule has 4 N–H and O–H groups in total. The van der Waals surface area contributed by atoms with E-state index >= 15 is 0 Å². The monoisotopic (exact) mass is 530 g/mol. The summed E-state index contributed by atoms with van der Waals surface area (Å²) in [6.45, 7) is 10.3. The molecule has 0 unspecified atom stereocenters. The van der Waals surface area contributed by atoms with E-state index in [1.54, 1.807) is 48.7 Å². The number of hydrogen-bond acceptors (Lipinski definition) is 6. The maximum Gasteiger partial charge on any atom is 0.321 e. The minimum atomic E-state index is -0.328. The molecule has 0 spiro atoms. The lowest BCUT2D eigenvalue weighted by Gasteiger charge is -2.18. The quantitative estimate of drug-likeness (QED) is 0.245. The summed E-state index contributed by atoms with van der Waals surface area (Å²) in [5.41, 5.74) is 4.28. The van der Waals surface area contributed by atoms with Crippen LogP contribution in [-0.4, -0.2) is 34.4 Å². The number of hydrogen-bond donors (Lipinski definition) is 4. The molecule has 10 heteroatoms. The fourth-order valence-corrected chi connectivity index (χ4v) is 4.54. The molecular weight excluding hydrogens is 500 g/mol. The number of anilines is 3. The van der Waals surface area contributed by atoms with Crippen molar-refractivity contribution in [3.05, 3.63) is 77.1 Å². The molecule has 0 aliphatic rings. The van der Waals surface area contributed by atoms with Crippen molar-refractivity contribution in [3.63, 3.8) is 0 Å². The van der Waals surface area contributed by atoms with Gasteiger partial charge in [-0.3, -0.25) is 19.9 Å². The molecule has 4 aromatic rings. The Bertz CT molecular complexity index is 1520. The van der Waals surface area contributed by atoms with Crippen molar-refractivity contribution in [3.8, 4) is 0 Å². The first kappa shape index (κ1) is 26.7. The van der Waals surface area contributed by atoms with Crippen LogP contribution in [0.25, 0.3) is 10.2 Å². The van der Waals surface area contributed by atoms with Crippen molar-refractivity contribution in [2.45, 2.75) is 40.0 Å². The highest BCUT2D eigenvalue weighted by atomic mass is 32.1. The number of carbonyl (C=O) groups is 3. The van der Waals surface area contributed by atoms with Crippen LogP contribution < -0.4 is 21.3 Å². The summed E-state index contributed by atoms with van der Waals surface area (Å²) in [6.07, 6.45) is 1.63. The second kappa shape index (κ2) is 11.0. The minimum absolute atomic E-state index is 0.179. The highest BCUT2D eigenvalue weighted by Gasteiger charge is 2.18. The molecular formula is C28H30N6O3S. The van der Waals surface area contributed by atoms with Gasteiger partial charge in [-0.2, -0.15) is 0 Å². The molecule has 196 valence electrons. The molecule has 2 heterocycles. The van der Waals surface area contributed by atoms with E-state index in [2.05, 4.69) is 31.2 Å². The van der Waals surface area contributed by atoms with Crippen molar-refractivity contribution in [2.75, 3.05) is 22.5 Å². The molecule has 0 aliphatic heterocycles. The maximum absolute atomic E-state index is 13.1. The lowest BCUT2D eigenvalue weighted by atomic mass is 9.91. The zero-order chi connectivity index (χ0) is 27.4. The summed E-state index contributed by atoms with van der Waals surface area (Å²) in [7, 11) is 0. The van der Waals surface area contributed by atoms with Crippen LogP contribution in [-0.2, 0) is 5.41 Å². The van der Waals surface area contributed by atoms with E-state index in [0.717, 1.165) is 16.0 Å². The van der Waals surface area contributed by atoms with Gasteiger partial charge in [0.1, 0.15) is 0 Å². The summed E-state index contributed by atoms with van der Waals surface area (Å²) in [6, 6.07) is 13.7. The van der Waals surface area contributed by atoms with Gasteiger partial charge in [0, 0.05) is 46.4 Å². The molecule has 0 radical (unpaired) electrons. The number of nitrogens with one attached hydrogen (secondary N) is 4. The third-order valence-corrected chi connectivity index (χ3v) is 6.68. The fourth-order valence-electron chi connectivity index (χ4n) is 3.64. The van der Waals surface area contributed by atoms with Gasteiger partial charge in [-0.1, -0.05) is 38.2 Å². The van der Waals surface area contributed by atoms with Crippen LogP contribution >= 0.6 is 11.3 Å². The molecule has 0 saturated carbocycles. The number of carbonyl (C=O) groups excluding carboxylic acids is 3. The summed E-state index contributed by atoms with van der Waals surface area (Å²) in [4.78, 5) is 46.5. The van der Waals surface area contributed by atoms with E-state index < -0.39 is 0 Å². The SMILES string of the molecule is CCNC(=O)Nc1nc2ccc(C(=O)Nc3cc(NC(=O)c4ccnc(C(C)(C)C)c4)ccc3C)cc2s1. The molecule has 0 saturated heterocycles. The van der Waals surface area contributed by atoms with Gasteiger partial charge < -0.3 is 16.0 Å². The molecule has 9 nitrogen and oxygen atoms in total. The number of aromatic nitrogens is 2. The molecule has 0 fully saturated rings. The molecule has 0 aliphatic carbocycles. The van der Waals surface area contributed by atoms with Crippen molar-refractivity contribution in [1.29, 1.82) is 0 Å². The summed E-state index contributed by atoms with van der Waals surface area (Å²) >= 11 is 1.29. The predicted molar refractivity (Wildman–Crippen MR) is 152 cm³/mol. The average Bonchev–Trinajstić information content (AvgIpc) is 3.27. The number of pyridine rings is 1. The smallest absolute Gasteiger partial charge is 0.321 e. The van der Waals surface area contributed by atoms with Gasteiger partial charge in [0.2, 0.25) is 0 Å².